The van der Waals surface area contributed by atoms with E-state index in [2.05, 4.69) is 39.7 Å². The molecule has 0 saturated carbocycles. The van der Waals surface area contributed by atoms with Gasteiger partial charge < -0.3 is 0 Å². The van der Waals surface area contributed by atoms with E-state index in [1.54, 1.807) is 4.68 Å². The molecule has 2 aromatic rings. The lowest BCUT2D eigenvalue weighted by Crippen LogP contribution is -2.19. The van der Waals surface area contributed by atoms with E-state index in [0.29, 0.717) is 5.92 Å². The van der Waals surface area contributed by atoms with E-state index in [1.165, 1.54) is 0 Å². The molecule has 1 heterocycles. The molecule has 0 unspecified atom stereocenters. The topological polar surface area (TPSA) is 37.8 Å². The summed E-state index contributed by atoms with van der Waals surface area (Å²) in [4.78, 5) is 12.7. The van der Waals surface area contributed by atoms with Crippen molar-refractivity contribution in [3.05, 3.63) is 51.9 Å². The summed E-state index contributed by atoms with van der Waals surface area (Å²) >= 11 is 0. The lowest BCUT2D eigenvalue weighted by Gasteiger charge is -2.18. The number of nitrogens with zero attached hydrogens (tertiary/aromatic N) is 1. The number of benzene rings is 1. The molecule has 0 bridgehead atoms. The highest BCUT2D eigenvalue weighted by Crippen LogP contribution is 2.24. The van der Waals surface area contributed by atoms with Crippen LogP contribution in [0, 0.1) is 5.92 Å². The second-order valence-corrected chi connectivity index (χ2v) is 6.79. The fraction of sp³-hybridized carbons (Fsp3) is 0.471. The van der Waals surface area contributed by atoms with Crippen LogP contribution >= 0.6 is 0 Å². The van der Waals surface area contributed by atoms with Crippen LogP contribution in [0.15, 0.2) is 35.1 Å². The van der Waals surface area contributed by atoms with Crippen molar-refractivity contribution in [2.45, 2.75) is 46.5 Å². The number of aromatic nitrogens is 2. The molecule has 3 heteroatoms. The molecule has 0 fully saturated rings. The molecule has 0 atom stereocenters. The smallest absolute Gasteiger partial charge is 0.274 e. The lowest BCUT2D eigenvalue weighted by molar-refractivity contribution is 0.545. The van der Waals surface area contributed by atoms with Gasteiger partial charge in [0.25, 0.3) is 5.56 Å². The second kappa shape index (κ2) is 5.31. The number of aromatic amines is 1. The van der Waals surface area contributed by atoms with Gasteiger partial charge in [-0.1, -0.05) is 52.8 Å². The molecule has 0 amide bonds. The van der Waals surface area contributed by atoms with Gasteiger partial charge in [-0.2, -0.15) is 0 Å². The van der Waals surface area contributed by atoms with Crippen LogP contribution in [0.2, 0.25) is 0 Å². The van der Waals surface area contributed by atoms with E-state index < -0.39 is 0 Å². The second-order valence-electron chi connectivity index (χ2n) is 6.79. The summed E-state index contributed by atoms with van der Waals surface area (Å²) < 4.78 is 1.66. The van der Waals surface area contributed by atoms with Crippen LogP contribution in [-0.2, 0) is 11.8 Å². The molecule has 108 valence electrons. The molecule has 1 aromatic heterocycles. The predicted molar refractivity (Wildman–Crippen MR) is 83.6 cm³/mol. The van der Waals surface area contributed by atoms with E-state index in [9.17, 15) is 4.79 Å². The van der Waals surface area contributed by atoms with Crippen LogP contribution < -0.4 is 5.56 Å². The number of rotatable bonds is 3. The third-order valence-corrected chi connectivity index (χ3v) is 3.36. The molecule has 20 heavy (non-hydrogen) atoms. The molecular weight excluding hydrogens is 248 g/mol. The predicted octanol–water partition coefficient (Wildman–Crippen LogP) is 3.66. The van der Waals surface area contributed by atoms with Crippen molar-refractivity contribution in [2.24, 2.45) is 5.92 Å². The minimum absolute atomic E-state index is 0.0661. The summed E-state index contributed by atoms with van der Waals surface area (Å²) in [7, 11) is 0. The van der Waals surface area contributed by atoms with Crippen LogP contribution in [0.1, 0.15) is 45.9 Å². The van der Waals surface area contributed by atoms with Crippen LogP contribution in [-0.4, -0.2) is 9.78 Å². The van der Waals surface area contributed by atoms with Gasteiger partial charge in [-0.25, -0.2) is 4.68 Å². The highest BCUT2D eigenvalue weighted by molar-refractivity contribution is 5.34. The molecule has 0 aliphatic rings. The van der Waals surface area contributed by atoms with Crippen LogP contribution in [0.3, 0.4) is 0 Å². The number of hydrogen-bond acceptors (Lipinski definition) is 1. The minimum atomic E-state index is -0.0661. The average Bonchev–Trinajstić information content (AvgIpc) is 2.67. The van der Waals surface area contributed by atoms with Gasteiger partial charge >= 0.3 is 0 Å². The Morgan fingerprint density at radius 2 is 1.75 bits per heavy atom. The molecule has 0 radical (unpaired) electrons. The number of para-hydroxylation sites is 1. The summed E-state index contributed by atoms with van der Waals surface area (Å²) in [6.45, 7) is 10.7. The minimum Gasteiger partial charge on any atom is -0.294 e. The molecular formula is C17H24N2O. The van der Waals surface area contributed by atoms with Gasteiger partial charge in [0.15, 0.2) is 0 Å². The Balaban J connectivity index is 2.62. The van der Waals surface area contributed by atoms with Crippen molar-refractivity contribution in [1.82, 2.24) is 9.78 Å². The van der Waals surface area contributed by atoms with Crippen LogP contribution in [0.5, 0.6) is 0 Å². The summed E-state index contributed by atoms with van der Waals surface area (Å²) in [5.41, 5.74) is 2.85. The third kappa shape index (κ3) is 2.87. The molecule has 0 spiro atoms. The zero-order valence-electron chi connectivity index (χ0n) is 13.0. The van der Waals surface area contributed by atoms with Gasteiger partial charge in [0.05, 0.1) is 5.69 Å². The van der Waals surface area contributed by atoms with Crippen molar-refractivity contribution < 1.29 is 0 Å². The first-order chi connectivity index (χ1) is 9.30. The van der Waals surface area contributed by atoms with E-state index >= 15 is 0 Å². The third-order valence-electron chi connectivity index (χ3n) is 3.36. The van der Waals surface area contributed by atoms with Crippen molar-refractivity contribution in [2.75, 3.05) is 0 Å². The average molecular weight is 272 g/mol. The van der Waals surface area contributed by atoms with Crippen molar-refractivity contribution in [3.8, 4) is 5.69 Å². The fourth-order valence-electron chi connectivity index (χ4n) is 2.45. The number of hydrogen-bond donors (Lipinski definition) is 1. The molecule has 0 aliphatic heterocycles. The lowest BCUT2D eigenvalue weighted by atomic mass is 9.87. The molecule has 1 aromatic carbocycles. The number of H-pyrrole nitrogens is 1. The van der Waals surface area contributed by atoms with E-state index in [4.69, 9.17) is 0 Å². The maximum absolute atomic E-state index is 12.7. The zero-order chi connectivity index (χ0) is 14.9. The molecule has 2 rings (SSSR count). The highest BCUT2D eigenvalue weighted by atomic mass is 16.1. The van der Waals surface area contributed by atoms with E-state index in [-0.39, 0.29) is 11.0 Å². The van der Waals surface area contributed by atoms with Crippen molar-refractivity contribution >= 4 is 0 Å². The summed E-state index contributed by atoms with van der Waals surface area (Å²) in [6.07, 6.45) is 0.807. The molecule has 1 N–H and O–H groups in total. The maximum Gasteiger partial charge on any atom is 0.274 e. The summed E-state index contributed by atoms with van der Waals surface area (Å²) in [5.74, 6) is 0.462. The first-order valence-electron chi connectivity index (χ1n) is 7.20. The Morgan fingerprint density at radius 1 is 1.15 bits per heavy atom. The quantitative estimate of drug-likeness (QED) is 0.909. The normalized spacial score (nSPS) is 12.1. The summed E-state index contributed by atoms with van der Waals surface area (Å²) in [5, 5.41) is 3.32. The monoisotopic (exact) mass is 272 g/mol. The Hall–Kier alpha value is -1.77. The van der Waals surface area contributed by atoms with Gasteiger partial charge in [-0.15, -0.1) is 0 Å². The van der Waals surface area contributed by atoms with Gasteiger partial charge in [0.2, 0.25) is 0 Å². The molecule has 3 nitrogen and oxygen atoms in total. The Kier molecular flexibility index (Phi) is 3.89. The standard InChI is InChI=1S/C17H24N2O/c1-12(2)11-14-15(17(3,4)5)18-19(16(14)20)13-9-7-6-8-10-13/h6-10,12,18H,11H2,1-5H3. The van der Waals surface area contributed by atoms with Crippen LogP contribution in [0.4, 0.5) is 0 Å². The maximum atomic E-state index is 12.7. The van der Waals surface area contributed by atoms with Gasteiger partial charge in [0, 0.05) is 16.7 Å². The van der Waals surface area contributed by atoms with E-state index in [1.807, 2.05) is 30.3 Å². The van der Waals surface area contributed by atoms with Crippen molar-refractivity contribution in [3.63, 3.8) is 0 Å². The van der Waals surface area contributed by atoms with Crippen LogP contribution in [0.25, 0.3) is 5.69 Å². The Morgan fingerprint density at radius 3 is 2.25 bits per heavy atom. The molecule has 0 saturated heterocycles. The van der Waals surface area contributed by atoms with Gasteiger partial charge in [0.1, 0.15) is 0 Å². The van der Waals surface area contributed by atoms with Gasteiger partial charge in [-0.3, -0.25) is 9.89 Å². The first-order valence-corrected chi connectivity index (χ1v) is 7.20. The summed E-state index contributed by atoms with van der Waals surface area (Å²) in [6, 6.07) is 9.74. The Bertz CT molecular complexity index is 627. The largest absolute Gasteiger partial charge is 0.294 e. The SMILES string of the molecule is CC(C)Cc1c(C(C)(C)C)[nH]n(-c2ccccc2)c1=O. The first kappa shape index (κ1) is 14.6. The van der Waals surface area contributed by atoms with E-state index in [0.717, 1.165) is 23.4 Å². The van der Waals surface area contributed by atoms with Crippen molar-refractivity contribution in [1.29, 1.82) is 0 Å². The molecule has 0 aliphatic carbocycles. The Labute approximate surface area is 120 Å². The highest BCUT2D eigenvalue weighted by Gasteiger charge is 2.25. The van der Waals surface area contributed by atoms with Gasteiger partial charge in [-0.05, 0) is 24.5 Å². The fourth-order valence-corrected chi connectivity index (χ4v) is 2.45. The zero-order valence-corrected chi connectivity index (χ0v) is 13.0. The number of nitrogens with one attached hydrogen (secondary N) is 1.